The first kappa shape index (κ1) is 11.9. The summed E-state index contributed by atoms with van der Waals surface area (Å²) in [6.07, 6.45) is 5.92. The van der Waals surface area contributed by atoms with E-state index in [9.17, 15) is 4.79 Å². The predicted octanol–water partition coefficient (Wildman–Crippen LogP) is 0.339. The van der Waals surface area contributed by atoms with Crippen molar-refractivity contribution in [2.45, 2.75) is 44.2 Å². The molecule has 2 N–H and O–H groups in total. The van der Waals surface area contributed by atoms with E-state index in [1.54, 1.807) is 0 Å². The number of hydrogen-bond acceptors (Lipinski definition) is 3. The summed E-state index contributed by atoms with van der Waals surface area (Å²) in [5, 5.41) is 6.38. The molecule has 1 aliphatic heterocycles. The Morgan fingerprint density at radius 2 is 2.00 bits per heavy atom. The van der Waals surface area contributed by atoms with Gasteiger partial charge in [-0.15, -0.1) is 0 Å². The van der Waals surface area contributed by atoms with Crippen molar-refractivity contribution in [2.24, 2.45) is 0 Å². The Balaban J connectivity index is 1.62. The highest BCUT2D eigenvalue weighted by Crippen LogP contribution is 2.18. The molecule has 0 bridgehead atoms. The zero-order valence-corrected chi connectivity index (χ0v) is 10.2. The molecule has 0 aromatic heterocycles. The van der Waals surface area contributed by atoms with E-state index in [0.29, 0.717) is 18.6 Å². The molecule has 0 radical (unpaired) electrons. The van der Waals surface area contributed by atoms with Gasteiger partial charge in [0, 0.05) is 12.1 Å². The fourth-order valence-electron chi connectivity index (χ4n) is 2.19. The minimum atomic E-state index is 0.167. The third-order valence-corrected chi connectivity index (χ3v) is 3.45. The van der Waals surface area contributed by atoms with Crippen molar-refractivity contribution in [3.63, 3.8) is 0 Å². The fraction of sp³-hybridized carbons (Fsp3) is 0.917. The van der Waals surface area contributed by atoms with Crippen LogP contribution in [0.25, 0.3) is 0 Å². The van der Waals surface area contributed by atoms with E-state index < -0.39 is 0 Å². The van der Waals surface area contributed by atoms with Crippen LogP contribution < -0.4 is 10.6 Å². The molecule has 4 heteroatoms. The lowest BCUT2D eigenvalue weighted by molar-refractivity contribution is -0.120. The zero-order valence-electron chi connectivity index (χ0n) is 10.2. The molecule has 2 aliphatic rings. The van der Waals surface area contributed by atoms with Crippen LogP contribution in [0.5, 0.6) is 0 Å². The van der Waals surface area contributed by atoms with Gasteiger partial charge >= 0.3 is 0 Å². The van der Waals surface area contributed by atoms with Crippen LogP contribution in [0.1, 0.15) is 32.1 Å². The Labute approximate surface area is 97.8 Å². The molecule has 1 aliphatic carbocycles. The predicted molar refractivity (Wildman–Crippen MR) is 64.3 cm³/mol. The van der Waals surface area contributed by atoms with Gasteiger partial charge in [0.15, 0.2) is 0 Å². The molecule has 2 rings (SSSR count). The van der Waals surface area contributed by atoms with E-state index in [-0.39, 0.29) is 5.91 Å². The van der Waals surface area contributed by atoms with Crippen molar-refractivity contribution in [2.75, 3.05) is 26.7 Å². The summed E-state index contributed by atoms with van der Waals surface area (Å²) in [4.78, 5) is 13.9. The highest BCUT2D eigenvalue weighted by molar-refractivity contribution is 5.78. The van der Waals surface area contributed by atoms with Crippen LogP contribution in [0.15, 0.2) is 0 Å². The second-order valence-electron chi connectivity index (χ2n) is 5.15. The number of carbonyl (C=O) groups is 1. The van der Waals surface area contributed by atoms with Crippen LogP contribution in [0.3, 0.4) is 0 Å². The summed E-state index contributed by atoms with van der Waals surface area (Å²) in [5.41, 5.74) is 0. The lowest BCUT2D eigenvalue weighted by Gasteiger charge is -2.16. The van der Waals surface area contributed by atoms with Crippen LogP contribution in [0.2, 0.25) is 0 Å². The Morgan fingerprint density at radius 3 is 2.75 bits per heavy atom. The summed E-state index contributed by atoms with van der Waals surface area (Å²) in [6, 6.07) is 1.00. The Hall–Kier alpha value is -0.610. The third-order valence-electron chi connectivity index (χ3n) is 3.45. The molecule has 16 heavy (non-hydrogen) atoms. The van der Waals surface area contributed by atoms with Gasteiger partial charge in [0.1, 0.15) is 0 Å². The summed E-state index contributed by atoms with van der Waals surface area (Å²) >= 11 is 0. The van der Waals surface area contributed by atoms with Gasteiger partial charge in [-0.05, 0) is 52.2 Å². The average molecular weight is 225 g/mol. The number of hydrogen-bond donors (Lipinski definition) is 2. The number of likely N-dealkylation sites (tertiary alicyclic amines) is 1. The highest BCUT2D eigenvalue weighted by Gasteiger charge is 2.23. The molecule has 4 nitrogen and oxygen atoms in total. The maximum absolute atomic E-state index is 11.5. The van der Waals surface area contributed by atoms with E-state index in [4.69, 9.17) is 0 Å². The maximum atomic E-state index is 11.5. The van der Waals surface area contributed by atoms with E-state index in [2.05, 4.69) is 22.6 Å². The van der Waals surface area contributed by atoms with E-state index in [1.807, 2.05) is 0 Å². The van der Waals surface area contributed by atoms with Gasteiger partial charge in [-0.2, -0.15) is 0 Å². The van der Waals surface area contributed by atoms with Crippen LogP contribution >= 0.6 is 0 Å². The van der Waals surface area contributed by atoms with Crippen LogP contribution in [-0.2, 0) is 4.79 Å². The van der Waals surface area contributed by atoms with Crippen molar-refractivity contribution < 1.29 is 4.79 Å². The third kappa shape index (κ3) is 4.10. The van der Waals surface area contributed by atoms with Crippen LogP contribution in [-0.4, -0.2) is 49.6 Å². The summed E-state index contributed by atoms with van der Waals surface area (Å²) in [7, 11) is 2.17. The van der Waals surface area contributed by atoms with Crippen LogP contribution in [0.4, 0.5) is 0 Å². The summed E-state index contributed by atoms with van der Waals surface area (Å²) in [6.45, 7) is 2.82. The molecule has 1 atom stereocenters. The topological polar surface area (TPSA) is 44.4 Å². The smallest absolute Gasteiger partial charge is 0.234 e. The largest absolute Gasteiger partial charge is 0.352 e. The Morgan fingerprint density at radius 1 is 1.19 bits per heavy atom. The standard InChI is InChI=1S/C12H23N3O/c1-15-7-2-3-10(6-8-15)13-9-12(16)14-11-4-5-11/h10-11,13H,2-9H2,1H3,(H,14,16). The first-order valence-electron chi connectivity index (χ1n) is 6.45. The van der Waals surface area contributed by atoms with Gasteiger partial charge in [-0.3, -0.25) is 4.79 Å². The molecule has 1 amide bonds. The van der Waals surface area contributed by atoms with Crippen molar-refractivity contribution in [3.05, 3.63) is 0 Å². The van der Waals surface area contributed by atoms with Crippen molar-refractivity contribution >= 4 is 5.91 Å². The number of amides is 1. The van der Waals surface area contributed by atoms with Gasteiger partial charge in [0.05, 0.1) is 6.54 Å². The molecular formula is C12H23N3O. The number of carbonyl (C=O) groups excluding carboxylic acids is 1. The second-order valence-corrected chi connectivity index (χ2v) is 5.15. The van der Waals surface area contributed by atoms with Crippen LogP contribution in [0, 0.1) is 0 Å². The van der Waals surface area contributed by atoms with Gasteiger partial charge in [-0.1, -0.05) is 0 Å². The van der Waals surface area contributed by atoms with Gasteiger partial charge in [0.2, 0.25) is 5.91 Å². The minimum absolute atomic E-state index is 0.167. The Kier molecular flexibility index (Phi) is 4.18. The molecule has 0 aromatic rings. The average Bonchev–Trinajstić information content (AvgIpc) is 3.05. The van der Waals surface area contributed by atoms with Gasteiger partial charge in [-0.25, -0.2) is 0 Å². The van der Waals surface area contributed by atoms with E-state index in [0.717, 1.165) is 13.0 Å². The monoisotopic (exact) mass is 225 g/mol. The summed E-state index contributed by atoms with van der Waals surface area (Å²) < 4.78 is 0. The van der Waals surface area contributed by atoms with Crippen molar-refractivity contribution in [3.8, 4) is 0 Å². The molecular weight excluding hydrogens is 202 g/mol. The molecule has 2 fully saturated rings. The molecule has 1 saturated carbocycles. The number of rotatable bonds is 4. The first-order valence-corrected chi connectivity index (χ1v) is 6.45. The molecule has 0 aromatic carbocycles. The molecule has 1 saturated heterocycles. The number of nitrogens with one attached hydrogen (secondary N) is 2. The van der Waals surface area contributed by atoms with Gasteiger partial charge < -0.3 is 15.5 Å². The van der Waals surface area contributed by atoms with E-state index in [1.165, 1.54) is 32.2 Å². The molecule has 1 unspecified atom stereocenters. The SMILES string of the molecule is CN1CCCC(NCC(=O)NC2CC2)CC1. The fourth-order valence-corrected chi connectivity index (χ4v) is 2.19. The van der Waals surface area contributed by atoms with E-state index >= 15 is 0 Å². The minimum Gasteiger partial charge on any atom is -0.352 e. The quantitative estimate of drug-likeness (QED) is 0.725. The lowest BCUT2D eigenvalue weighted by Crippen LogP contribution is -2.40. The summed E-state index contributed by atoms with van der Waals surface area (Å²) in [5.74, 6) is 0.167. The first-order chi connectivity index (χ1) is 7.74. The normalized spacial score (nSPS) is 27.4. The molecule has 0 spiro atoms. The highest BCUT2D eigenvalue weighted by atomic mass is 16.2. The van der Waals surface area contributed by atoms with Crippen molar-refractivity contribution in [1.29, 1.82) is 0 Å². The van der Waals surface area contributed by atoms with Crippen molar-refractivity contribution in [1.82, 2.24) is 15.5 Å². The molecule has 92 valence electrons. The number of nitrogens with zero attached hydrogens (tertiary/aromatic N) is 1. The molecule has 1 heterocycles. The Bertz CT molecular complexity index is 240. The van der Waals surface area contributed by atoms with Gasteiger partial charge in [0.25, 0.3) is 0 Å². The maximum Gasteiger partial charge on any atom is 0.234 e. The lowest BCUT2D eigenvalue weighted by atomic mass is 10.1. The zero-order chi connectivity index (χ0) is 11.4. The second kappa shape index (κ2) is 5.64.